The summed E-state index contributed by atoms with van der Waals surface area (Å²) >= 11 is 1.07. The standard InChI is InChI=1S/C15H14N2O3S/c1-15(2)10-5-3-4-6-11(10)17(14(15)20)7-9-8-21-12(16-9)13(18)19/h3-6,8H,7H2,1-2H3,(H,18,19). The van der Waals surface area contributed by atoms with E-state index in [1.54, 1.807) is 10.3 Å². The molecule has 0 spiro atoms. The molecule has 1 aromatic heterocycles. The number of hydrogen-bond acceptors (Lipinski definition) is 4. The SMILES string of the molecule is CC1(C)C(=O)N(Cc2csc(C(=O)O)n2)c2ccccc21. The van der Waals surface area contributed by atoms with E-state index in [1.807, 2.05) is 38.1 Å². The summed E-state index contributed by atoms with van der Waals surface area (Å²) in [5.41, 5.74) is 1.89. The number of hydrogen-bond donors (Lipinski definition) is 1. The number of aromatic nitrogens is 1. The summed E-state index contributed by atoms with van der Waals surface area (Å²) in [6.07, 6.45) is 0. The van der Waals surface area contributed by atoms with Crippen LogP contribution in [0.4, 0.5) is 5.69 Å². The number of fused-ring (bicyclic) bond motifs is 1. The first-order valence-corrected chi connectivity index (χ1v) is 7.38. The maximum Gasteiger partial charge on any atom is 0.365 e. The lowest BCUT2D eigenvalue weighted by Gasteiger charge is -2.19. The van der Waals surface area contributed by atoms with Crippen LogP contribution >= 0.6 is 11.3 Å². The van der Waals surface area contributed by atoms with Crippen LogP contribution in [-0.4, -0.2) is 22.0 Å². The molecule has 6 heteroatoms. The van der Waals surface area contributed by atoms with E-state index in [-0.39, 0.29) is 10.9 Å². The number of carboxylic acid groups (broad SMARTS) is 1. The largest absolute Gasteiger partial charge is 0.476 e. The molecule has 5 nitrogen and oxygen atoms in total. The van der Waals surface area contributed by atoms with Crippen LogP contribution in [-0.2, 0) is 16.8 Å². The molecule has 108 valence electrons. The van der Waals surface area contributed by atoms with Crippen molar-refractivity contribution in [1.29, 1.82) is 0 Å². The summed E-state index contributed by atoms with van der Waals surface area (Å²) in [6.45, 7) is 4.10. The minimum absolute atomic E-state index is 0.00794. The van der Waals surface area contributed by atoms with Crippen LogP contribution in [0.5, 0.6) is 0 Å². The van der Waals surface area contributed by atoms with E-state index in [0.717, 1.165) is 22.6 Å². The first kappa shape index (κ1) is 13.8. The Morgan fingerprint density at radius 3 is 2.76 bits per heavy atom. The summed E-state index contributed by atoms with van der Waals surface area (Å²) in [7, 11) is 0. The quantitative estimate of drug-likeness (QED) is 0.946. The summed E-state index contributed by atoms with van der Waals surface area (Å²) in [5.74, 6) is -1.03. The van der Waals surface area contributed by atoms with Gasteiger partial charge in [-0.15, -0.1) is 11.3 Å². The van der Waals surface area contributed by atoms with Crippen molar-refractivity contribution in [2.75, 3.05) is 4.90 Å². The maximum atomic E-state index is 12.6. The molecule has 1 aliphatic rings. The molecule has 3 rings (SSSR count). The van der Waals surface area contributed by atoms with Gasteiger partial charge >= 0.3 is 5.97 Å². The van der Waals surface area contributed by atoms with Crippen LogP contribution < -0.4 is 4.90 Å². The predicted octanol–water partition coefficient (Wildman–Crippen LogP) is 2.67. The van der Waals surface area contributed by atoms with Gasteiger partial charge < -0.3 is 10.0 Å². The van der Waals surface area contributed by atoms with E-state index >= 15 is 0 Å². The van der Waals surface area contributed by atoms with Crippen molar-refractivity contribution in [1.82, 2.24) is 4.98 Å². The molecule has 0 saturated carbocycles. The molecular formula is C15H14N2O3S. The molecule has 0 fully saturated rings. The van der Waals surface area contributed by atoms with Crippen molar-refractivity contribution in [3.8, 4) is 0 Å². The van der Waals surface area contributed by atoms with Crippen molar-refractivity contribution in [2.24, 2.45) is 0 Å². The second-order valence-electron chi connectivity index (χ2n) is 5.48. The number of anilines is 1. The average Bonchev–Trinajstić information content (AvgIpc) is 2.98. The normalized spacial score (nSPS) is 16.1. The number of aromatic carboxylic acids is 1. The maximum absolute atomic E-state index is 12.6. The molecule has 0 saturated heterocycles. The fraction of sp³-hybridized carbons (Fsp3) is 0.267. The summed E-state index contributed by atoms with van der Waals surface area (Å²) in [6, 6.07) is 7.68. The second-order valence-corrected chi connectivity index (χ2v) is 6.34. The van der Waals surface area contributed by atoms with Gasteiger partial charge in [-0.2, -0.15) is 0 Å². The van der Waals surface area contributed by atoms with Crippen LogP contribution in [0.3, 0.4) is 0 Å². The Labute approximate surface area is 125 Å². The Balaban J connectivity index is 1.95. The molecule has 0 atom stereocenters. The minimum Gasteiger partial charge on any atom is -0.476 e. The monoisotopic (exact) mass is 302 g/mol. The fourth-order valence-electron chi connectivity index (χ4n) is 2.60. The van der Waals surface area contributed by atoms with Crippen molar-refractivity contribution >= 4 is 28.9 Å². The molecule has 1 amide bonds. The molecule has 1 aliphatic heterocycles. The molecule has 1 aromatic carbocycles. The summed E-state index contributed by atoms with van der Waals surface area (Å²) in [4.78, 5) is 29.2. The molecule has 2 aromatic rings. The highest BCUT2D eigenvalue weighted by atomic mass is 32.1. The van der Waals surface area contributed by atoms with Crippen LogP contribution in [0, 0.1) is 0 Å². The van der Waals surface area contributed by atoms with Crippen LogP contribution in [0.15, 0.2) is 29.6 Å². The molecule has 0 radical (unpaired) electrons. The van der Waals surface area contributed by atoms with E-state index in [9.17, 15) is 9.59 Å². The molecule has 0 unspecified atom stereocenters. The Kier molecular flexibility index (Phi) is 3.06. The lowest BCUT2D eigenvalue weighted by molar-refractivity contribution is -0.122. The predicted molar refractivity (Wildman–Crippen MR) is 79.7 cm³/mol. The Morgan fingerprint density at radius 1 is 1.38 bits per heavy atom. The first-order chi connectivity index (χ1) is 9.91. The number of carbonyl (C=O) groups is 2. The highest BCUT2D eigenvalue weighted by Crippen LogP contribution is 2.41. The third-order valence-corrected chi connectivity index (χ3v) is 4.58. The Bertz CT molecular complexity index is 736. The fourth-order valence-corrected chi connectivity index (χ4v) is 3.24. The number of benzene rings is 1. The van der Waals surface area contributed by atoms with Gasteiger partial charge in [-0.05, 0) is 25.5 Å². The molecular weight excluding hydrogens is 288 g/mol. The lowest BCUT2D eigenvalue weighted by Crippen LogP contribution is -2.35. The Morgan fingerprint density at radius 2 is 2.10 bits per heavy atom. The number of carbonyl (C=O) groups excluding carboxylic acids is 1. The zero-order chi connectivity index (χ0) is 15.2. The highest BCUT2D eigenvalue weighted by molar-refractivity contribution is 7.11. The van der Waals surface area contributed by atoms with Crippen molar-refractivity contribution < 1.29 is 14.7 Å². The van der Waals surface area contributed by atoms with E-state index in [2.05, 4.69) is 4.98 Å². The van der Waals surface area contributed by atoms with Crippen molar-refractivity contribution in [3.63, 3.8) is 0 Å². The van der Waals surface area contributed by atoms with Gasteiger partial charge in [0.15, 0.2) is 0 Å². The van der Waals surface area contributed by atoms with E-state index in [1.165, 1.54) is 0 Å². The van der Waals surface area contributed by atoms with Gasteiger partial charge in [0, 0.05) is 11.1 Å². The number of rotatable bonds is 3. The van der Waals surface area contributed by atoms with Gasteiger partial charge in [-0.25, -0.2) is 9.78 Å². The summed E-state index contributed by atoms with van der Waals surface area (Å²) < 4.78 is 0. The topological polar surface area (TPSA) is 70.5 Å². The molecule has 0 aliphatic carbocycles. The molecule has 2 heterocycles. The van der Waals surface area contributed by atoms with E-state index < -0.39 is 11.4 Å². The smallest absolute Gasteiger partial charge is 0.365 e. The molecule has 21 heavy (non-hydrogen) atoms. The van der Waals surface area contributed by atoms with E-state index in [0.29, 0.717) is 12.2 Å². The van der Waals surface area contributed by atoms with Crippen molar-refractivity contribution in [3.05, 3.63) is 45.9 Å². The van der Waals surface area contributed by atoms with Crippen LogP contribution in [0.2, 0.25) is 0 Å². The second kappa shape index (κ2) is 4.66. The van der Waals surface area contributed by atoms with Gasteiger partial charge in [0.25, 0.3) is 0 Å². The third-order valence-electron chi connectivity index (χ3n) is 3.70. The van der Waals surface area contributed by atoms with Crippen LogP contribution in [0.25, 0.3) is 0 Å². The molecule has 1 N–H and O–H groups in total. The number of para-hydroxylation sites is 1. The molecule has 0 bridgehead atoms. The van der Waals surface area contributed by atoms with Gasteiger partial charge in [0.05, 0.1) is 17.7 Å². The Hall–Kier alpha value is -2.21. The number of amides is 1. The summed E-state index contributed by atoms with van der Waals surface area (Å²) in [5, 5.41) is 10.6. The third kappa shape index (κ3) is 2.12. The zero-order valence-corrected chi connectivity index (χ0v) is 12.5. The number of nitrogens with zero attached hydrogens (tertiary/aromatic N) is 2. The van der Waals surface area contributed by atoms with Gasteiger partial charge in [-0.1, -0.05) is 18.2 Å². The highest BCUT2D eigenvalue weighted by Gasteiger charge is 2.43. The first-order valence-electron chi connectivity index (χ1n) is 6.50. The van der Waals surface area contributed by atoms with Crippen molar-refractivity contribution in [2.45, 2.75) is 25.8 Å². The minimum atomic E-state index is -1.04. The van der Waals surface area contributed by atoms with Gasteiger partial charge in [0.1, 0.15) is 0 Å². The average molecular weight is 302 g/mol. The zero-order valence-electron chi connectivity index (χ0n) is 11.7. The number of carboxylic acids is 1. The lowest BCUT2D eigenvalue weighted by atomic mass is 9.86. The van der Waals surface area contributed by atoms with Crippen LogP contribution in [0.1, 0.15) is 34.9 Å². The van der Waals surface area contributed by atoms with Gasteiger partial charge in [0.2, 0.25) is 10.9 Å². The van der Waals surface area contributed by atoms with Gasteiger partial charge in [-0.3, -0.25) is 4.79 Å². The van der Waals surface area contributed by atoms with E-state index in [4.69, 9.17) is 5.11 Å². The number of thiazole rings is 1.